The van der Waals surface area contributed by atoms with E-state index in [2.05, 4.69) is 31.2 Å². The summed E-state index contributed by atoms with van der Waals surface area (Å²) in [4.78, 5) is 27.3. The molecule has 2 aromatic rings. The Hall–Kier alpha value is -1.89. The Balaban J connectivity index is 2.27. The number of H-pyrrole nitrogens is 2. The monoisotopic (exact) mass is 313 g/mol. The molecule has 0 atom stereocenters. The van der Waals surface area contributed by atoms with E-state index in [1.807, 2.05) is 0 Å². The molecule has 7 heteroatoms. The van der Waals surface area contributed by atoms with Crippen LogP contribution in [-0.4, -0.2) is 15.9 Å². The maximum atomic E-state index is 13.2. The molecule has 0 spiro atoms. The summed E-state index contributed by atoms with van der Waals surface area (Å²) in [5.41, 5.74) is 0.703. The van der Waals surface area contributed by atoms with Crippen molar-refractivity contribution in [3.8, 4) is 0 Å². The molecule has 0 fully saturated rings. The van der Waals surface area contributed by atoms with Gasteiger partial charge >= 0.3 is 5.69 Å². The molecule has 1 amide bonds. The number of hydrogen-bond acceptors (Lipinski definition) is 2. The van der Waals surface area contributed by atoms with Crippen molar-refractivity contribution >= 4 is 27.5 Å². The molecule has 3 N–H and O–H groups in total. The fourth-order valence-corrected chi connectivity index (χ4v) is 1.77. The van der Waals surface area contributed by atoms with Gasteiger partial charge in [-0.05, 0) is 40.5 Å². The highest BCUT2D eigenvalue weighted by atomic mass is 79.9. The number of imidazole rings is 1. The van der Waals surface area contributed by atoms with Gasteiger partial charge in [0.1, 0.15) is 11.5 Å². The van der Waals surface area contributed by atoms with Crippen LogP contribution < -0.4 is 11.0 Å². The summed E-state index contributed by atoms with van der Waals surface area (Å²) < 4.78 is 13.5. The maximum Gasteiger partial charge on any atom is 0.323 e. The number of anilines is 1. The van der Waals surface area contributed by atoms with Crippen LogP contribution in [0.1, 0.15) is 16.1 Å². The van der Waals surface area contributed by atoms with Crippen molar-refractivity contribution < 1.29 is 9.18 Å². The second kappa shape index (κ2) is 4.77. The maximum absolute atomic E-state index is 13.2. The summed E-state index contributed by atoms with van der Waals surface area (Å²) in [5.74, 6) is -0.879. The van der Waals surface area contributed by atoms with Crippen molar-refractivity contribution in [2.45, 2.75) is 6.92 Å². The lowest BCUT2D eigenvalue weighted by Gasteiger charge is -2.08. The van der Waals surface area contributed by atoms with E-state index >= 15 is 0 Å². The van der Waals surface area contributed by atoms with Crippen LogP contribution in [0.3, 0.4) is 0 Å². The minimum atomic E-state index is -0.477. The number of aromatic nitrogens is 2. The summed E-state index contributed by atoms with van der Waals surface area (Å²) >= 11 is 3.04. The third-order valence-electron chi connectivity index (χ3n) is 2.36. The van der Waals surface area contributed by atoms with Gasteiger partial charge < -0.3 is 15.3 Å². The summed E-state index contributed by atoms with van der Waals surface area (Å²) in [6, 6.07) is 2.77. The molecule has 0 saturated heterocycles. The fourth-order valence-electron chi connectivity index (χ4n) is 1.43. The molecule has 18 heavy (non-hydrogen) atoms. The average Bonchev–Trinajstić information content (AvgIpc) is 2.73. The first-order valence-corrected chi connectivity index (χ1v) is 5.81. The van der Waals surface area contributed by atoms with Crippen LogP contribution in [-0.2, 0) is 0 Å². The average molecular weight is 314 g/mol. The SMILES string of the molecule is Cc1cc(F)c(Br)cc1NC(=O)c1c[nH]c(=O)[nH]1. The number of hydrogen-bond donors (Lipinski definition) is 3. The zero-order valence-electron chi connectivity index (χ0n) is 9.30. The Morgan fingerprint density at radius 3 is 2.78 bits per heavy atom. The highest BCUT2D eigenvalue weighted by Crippen LogP contribution is 2.24. The molecule has 0 bridgehead atoms. The van der Waals surface area contributed by atoms with Crippen LogP contribution in [0.4, 0.5) is 10.1 Å². The van der Waals surface area contributed by atoms with E-state index in [4.69, 9.17) is 0 Å². The molecule has 0 unspecified atom stereocenters. The van der Waals surface area contributed by atoms with Crippen LogP contribution in [0.5, 0.6) is 0 Å². The van der Waals surface area contributed by atoms with E-state index in [0.717, 1.165) is 0 Å². The lowest BCUT2D eigenvalue weighted by molar-refractivity contribution is 0.102. The molecule has 94 valence electrons. The van der Waals surface area contributed by atoms with Crippen molar-refractivity contribution in [2.24, 2.45) is 0 Å². The van der Waals surface area contributed by atoms with E-state index in [-0.39, 0.29) is 10.2 Å². The topological polar surface area (TPSA) is 77.8 Å². The molecular weight excluding hydrogens is 305 g/mol. The number of amides is 1. The number of nitrogens with one attached hydrogen (secondary N) is 3. The molecular formula is C11H9BrFN3O2. The summed E-state index contributed by atoms with van der Waals surface area (Å²) in [5, 5.41) is 2.58. The molecule has 5 nitrogen and oxygen atoms in total. The largest absolute Gasteiger partial charge is 0.323 e. The smallest absolute Gasteiger partial charge is 0.320 e. The molecule has 1 aromatic carbocycles. The second-order valence-electron chi connectivity index (χ2n) is 3.69. The minimum absolute atomic E-state index is 0.111. The van der Waals surface area contributed by atoms with Crippen LogP contribution >= 0.6 is 15.9 Å². The van der Waals surface area contributed by atoms with Crippen LogP contribution in [0.25, 0.3) is 0 Å². The van der Waals surface area contributed by atoms with Gasteiger partial charge in [0.15, 0.2) is 0 Å². The van der Waals surface area contributed by atoms with Crippen molar-refractivity contribution in [2.75, 3.05) is 5.32 Å². The normalized spacial score (nSPS) is 10.4. The highest BCUT2D eigenvalue weighted by molar-refractivity contribution is 9.10. The Bertz CT molecular complexity index is 663. The predicted molar refractivity (Wildman–Crippen MR) is 68.2 cm³/mol. The van der Waals surface area contributed by atoms with Gasteiger partial charge in [0.05, 0.1) is 4.47 Å². The molecule has 1 heterocycles. The number of halogens is 2. The Labute approximate surface area is 110 Å². The molecule has 0 aliphatic rings. The Morgan fingerprint density at radius 2 is 2.17 bits per heavy atom. The van der Waals surface area contributed by atoms with Crippen LogP contribution in [0.15, 0.2) is 27.6 Å². The number of carbonyl (C=O) groups excluding carboxylic acids is 1. The van der Waals surface area contributed by atoms with Gasteiger partial charge in [-0.3, -0.25) is 4.79 Å². The zero-order valence-corrected chi connectivity index (χ0v) is 10.9. The molecule has 1 aromatic heterocycles. The molecule has 0 aliphatic heterocycles. The van der Waals surface area contributed by atoms with Gasteiger partial charge in [-0.15, -0.1) is 0 Å². The quantitative estimate of drug-likeness (QED) is 0.794. The molecule has 2 rings (SSSR count). The van der Waals surface area contributed by atoms with Crippen molar-refractivity contribution in [3.05, 3.63) is 50.4 Å². The second-order valence-corrected chi connectivity index (χ2v) is 4.55. The van der Waals surface area contributed by atoms with Gasteiger partial charge in [-0.2, -0.15) is 0 Å². The van der Waals surface area contributed by atoms with Gasteiger partial charge in [0.2, 0.25) is 0 Å². The zero-order chi connectivity index (χ0) is 13.3. The van der Waals surface area contributed by atoms with Gasteiger partial charge in [0.25, 0.3) is 5.91 Å². The van der Waals surface area contributed by atoms with Gasteiger partial charge in [-0.1, -0.05) is 0 Å². The Kier molecular flexibility index (Phi) is 3.33. The van der Waals surface area contributed by atoms with Crippen LogP contribution in [0.2, 0.25) is 0 Å². The van der Waals surface area contributed by atoms with Crippen molar-refractivity contribution in [1.82, 2.24) is 9.97 Å². The Morgan fingerprint density at radius 1 is 1.44 bits per heavy atom. The van der Waals surface area contributed by atoms with Gasteiger partial charge in [-0.25, -0.2) is 9.18 Å². The number of aryl methyl sites for hydroxylation is 1. The van der Waals surface area contributed by atoms with E-state index in [1.165, 1.54) is 18.3 Å². The first kappa shape index (κ1) is 12.6. The van der Waals surface area contributed by atoms with Gasteiger partial charge in [0, 0.05) is 11.9 Å². The lowest BCUT2D eigenvalue weighted by Crippen LogP contribution is -2.14. The highest BCUT2D eigenvalue weighted by Gasteiger charge is 2.11. The predicted octanol–water partition coefficient (Wildman–Crippen LogP) is 2.17. The first-order valence-electron chi connectivity index (χ1n) is 5.02. The lowest BCUT2D eigenvalue weighted by atomic mass is 10.2. The minimum Gasteiger partial charge on any atom is -0.320 e. The number of aromatic amines is 2. The van der Waals surface area contributed by atoms with Crippen molar-refractivity contribution in [3.63, 3.8) is 0 Å². The fraction of sp³-hybridized carbons (Fsp3) is 0.0909. The van der Waals surface area contributed by atoms with E-state index < -0.39 is 17.4 Å². The van der Waals surface area contributed by atoms with Crippen molar-refractivity contribution in [1.29, 1.82) is 0 Å². The third-order valence-corrected chi connectivity index (χ3v) is 2.96. The first-order chi connectivity index (χ1) is 8.47. The van der Waals surface area contributed by atoms with E-state index in [1.54, 1.807) is 6.92 Å². The van der Waals surface area contributed by atoms with E-state index in [9.17, 15) is 14.0 Å². The number of carbonyl (C=O) groups is 1. The van der Waals surface area contributed by atoms with Crippen LogP contribution in [0, 0.1) is 12.7 Å². The molecule has 0 radical (unpaired) electrons. The summed E-state index contributed by atoms with van der Waals surface area (Å²) in [6.45, 7) is 1.67. The van der Waals surface area contributed by atoms with E-state index in [0.29, 0.717) is 11.3 Å². The third kappa shape index (κ3) is 2.51. The molecule has 0 saturated carbocycles. The standard InChI is InChI=1S/C11H9BrFN3O2/c1-5-2-7(13)6(12)3-8(5)15-10(17)9-4-14-11(18)16-9/h2-4H,1H3,(H,15,17)(H2,14,16,18). The summed E-state index contributed by atoms with van der Waals surface area (Å²) in [6.07, 6.45) is 1.27. The number of benzene rings is 1. The number of rotatable bonds is 2. The summed E-state index contributed by atoms with van der Waals surface area (Å²) in [7, 11) is 0. The molecule has 0 aliphatic carbocycles.